The van der Waals surface area contributed by atoms with Gasteiger partial charge in [-0.3, -0.25) is 9.59 Å². The second kappa shape index (κ2) is 5.51. The molecule has 0 bridgehead atoms. The fraction of sp³-hybridized carbons (Fsp3) is 0.529. The van der Waals surface area contributed by atoms with Crippen LogP contribution < -0.4 is 0 Å². The molecule has 21 heavy (non-hydrogen) atoms. The second-order valence-electron chi connectivity index (χ2n) is 6.17. The zero-order chi connectivity index (χ0) is 15.0. The number of aryl methyl sites for hydroxylation is 1. The Bertz CT molecular complexity index is 581. The van der Waals surface area contributed by atoms with Crippen molar-refractivity contribution in [1.82, 2.24) is 4.90 Å². The first-order valence-corrected chi connectivity index (χ1v) is 7.71. The van der Waals surface area contributed by atoms with Gasteiger partial charge in [0.1, 0.15) is 11.5 Å². The lowest BCUT2D eigenvalue weighted by molar-refractivity contribution is -0.121. The van der Waals surface area contributed by atoms with Crippen LogP contribution in [0.25, 0.3) is 0 Å². The normalized spacial score (nSPS) is 25.6. The number of Topliss-reactive ketones (excluding diaryl/α,β-unsaturated/α-hetero) is 1. The molecule has 3 rings (SSSR count). The van der Waals surface area contributed by atoms with E-state index in [0.717, 1.165) is 32.2 Å². The van der Waals surface area contributed by atoms with Crippen molar-refractivity contribution in [3.05, 3.63) is 29.3 Å². The number of nitrogens with zero attached hydrogens (tertiary/aromatic N) is 1. The van der Waals surface area contributed by atoms with Gasteiger partial charge < -0.3 is 10.0 Å². The van der Waals surface area contributed by atoms with Crippen molar-refractivity contribution in [3.63, 3.8) is 0 Å². The minimum Gasteiger partial charge on any atom is -0.508 e. The van der Waals surface area contributed by atoms with E-state index in [1.807, 2.05) is 4.90 Å². The summed E-state index contributed by atoms with van der Waals surface area (Å²) in [4.78, 5) is 26.6. The average Bonchev–Trinajstić information content (AvgIpc) is 3.09. The maximum Gasteiger partial charge on any atom is 0.254 e. The Balaban J connectivity index is 1.82. The minimum absolute atomic E-state index is 0.0136. The van der Waals surface area contributed by atoms with Crippen LogP contribution >= 0.6 is 0 Å². The summed E-state index contributed by atoms with van der Waals surface area (Å²) < 4.78 is 0. The fourth-order valence-electron chi connectivity index (χ4n) is 3.67. The zero-order valence-electron chi connectivity index (χ0n) is 12.3. The Labute approximate surface area is 124 Å². The zero-order valence-corrected chi connectivity index (χ0v) is 12.3. The summed E-state index contributed by atoms with van der Waals surface area (Å²) in [5.74, 6) is 0.548. The Morgan fingerprint density at radius 1 is 1.29 bits per heavy atom. The highest BCUT2D eigenvalue weighted by atomic mass is 16.3. The number of rotatable bonds is 2. The number of hydrogen-bond acceptors (Lipinski definition) is 3. The van der Waals surface area contributed by atoms with E-state index in [-0.39, 0.29) is 23.6 Å². The van der Waals surface area contributed by atoms with Gasteiger partial charge in [-0.2, -0.15) is 0 Å². The van der Waals surface area contributed by atoms with Crippen LogP contribution in [0.2, 0.25) is 0 Å². The minimum atomic E-state index is -0.0136. The first-order valence-electron chi connectivity index (χ1n) is 7.71. The summed E-state index contributed by atoms with van der Waals surface area (Å²) in [6.07, 6.45) is 4.44. The summed E-state index contributed by atoms with van der Waals surface area (Å²) >= 11 is 0. The third-order valence-corrected chi connectivity index (χ3v) is 4.82. The van der Waals surface area contributed by atoms with Crippen LogP contribution in [0.4, 0.5) is 0 Å². The first-order chi connectivity index (χ1) is 10.1. The van der Waals surface area contributed by atoms with Gasteiger partial charge in [0.25, 0.3) is 5.91 Å². The molecule has 1 aromatic carbocycles. The number of carbonyl (C=O) groups is 2. The Kier molecular flexibility index (Phi) is 3.70. The van der Waals surface area contributed by atoms with Crippen molar-refractivity contribution in [2.45, 2.75) is 45.1 Å². The number of amides is 1. The number of hydrogen-bond donors (Lipinski definition) is 1. The van der Waals surface area contributed by atoms with E-state index in [9.17, 15) is 14.7 Å². The molecule has 1 heterocycles. The van der Waals surface area contributed by atoms with Gasteiger partial charge in [0.05, 0.1) is 0 Å². The van der Waals surface area contributed by atoms with E-state index < -0.39 is 0 Å². The first kappa shape index (κ1) is 14.1. The van der Waals surface area contributed by atoms with Crippen LogP contribution in [0, 0.1) is 12.8 Å². The monoisotopic (exact) mass is 287 g/mol. The molecule has 1 aromatic rings. The Morgan fingerprint density at radius 2 is 2.10 bits per heavy atom. The average molecular weight is 287 g/mol. The lowest BCUT2D eigenvalue weighted by atomic mass is 9.94. The quantitative estimate of drug-likeness (QED) is 0.909. The van der Waals surface area contributed by atoms with Crippen LogP contribution in [0.3, 0.4) is 0 Å². The van der Waals surface area contributed by atoms with Crippen molar-refractivity contribution in [1.29, 1.82) is 0 Å². The van der Waals surface area contributed by atoms with Gasteiger partial charge in [-0.25, -0.2) is 0 Å². The predicted octanol–water partition coefficient (Wildman–Crippen LogP) is 2.67. The maximum absolute atomic E-state index is 12.7. The maximum atomic E-state index is 12.7. The summed E-state index contributed by atoms with van der Waals surface area (Å²) in [6.45, 7) is 2.52. The third-order valence-electron chi connectivity index (χ3n) is 4.82. The smallest absolute Gasteiger partial charge is 0.254 e. The molecule has 2 aliphatic rings. The number of ketones is 1. The van der Waals surface area contributed by atoms with Gasteiger partial charge in [0.2, 0.25) is 0 Å². The van der Waals surface area contributed by atoms with E-state index in [4.69, 9.17) is 0 Å². The fourth-order valence-corrected chi connectivity index (χ4v) is 3.67. The molecule has 1 aliphatic heterocycles. The predicted molar refractivity (Wildman–Crippen MR) is 79.3 cm³/mol. The molecule has 2 unspecified atom stereocenters. The molecule has 112 valence electrons. The summed E-state index contributed by atoms with van der Waals surface area (Å²) in [5, 5.41) is 9.58. The van der Waals surface area contributed by atoms with Crippen LogP contribution in [0.1, 0.15) is 48.0 Å². The van der Waals surface area contributed by atoms with Crippen LogP contribution in [-0.4, -0.2) is 34.3 Å². The molecule has 1 N–H and O–H groups in total. The van der Waals surface area contributed by atoms with E-state index >= 15 is 0 Å². The van der Waals surface area contributed by atoms with Crippen LogP contribution in [-0.2, 0) is 4.79 Å². The molecular formula is C17H21NO3. The van der Waals surface area contributed by atoms with Crippen LogP contribution in [0.5, 0.6) is 5.75 Å². The van der Waals surface area contributed by atoms with Gasteiger partial charge >= 0.3 is 0 Å². The van der Waals surface area contributed by atoms with Gasteiger partial charge in [0.15, 0.2) is 0 Å². The summed E-state index contributed by atoms with van der Waals surface area (Å²) in [7, 11) is 0. The number of likely N-dealkylation sites (tertiary alicyclic amines) is 1. The standard InChI is InChI=1S/C17H21NO3/c1-11-10-12(7-8-15(11)19)17(21)18-9-3-5-14(18)13-4-2-6-16(13)20/h7-8,10,13-14,19H,2-6,9H2,1H3. The highest BCUT2D eigenvalue weighted by Crippen LogP contribution is 2.34. The largest absolute Gasteiger partial charge is 0.508 e. The molecule has 0 spiro atoms. The summed E-state index contributed by atoms with van der Waals surface area (Å²) in [6, 6.07) is 5.02. The molecule has 4 nitrogen and oxygen atoms in total. The number of phenolic OH excluding ortho intramolecular Hbond substituents is 1. The molecule has 2 fully saturated rings. The molecule has 1 saturated carbocycles. The molecule has 4 heteroatoms. The summed E-state index contributed by atoms with van der Waals surface area (Å²) in [5.41, 5.74) is 1.30. The highest BCUT2D eigenvalue weighted by molar-refractivity contribution is 5.95. The lowest BCUT2D eigenvalue weighted by Gasteiger charge is -2.28. The molecule has 1 saturated heterocycles. The van der Waals surface area contributed by atoms with Crippen LogP contribution in [0.15, 0.2) is 18.2 Å². The van der Waals surface area contributed by atoms with Crippen molar-refractivity contribution < 1.29 is 14.7 Å². The molecule has 0 radical (unpaired) electrons. The van der Waals surface area contributed by atoms with Gasteiger partial charge in [-0.1, -0.05) is 0 Å². The number of aromatic hydroxyl groups is 1. The van der Waals surface area contributed by atoms with E-state index in [2.05, 4.69) is 0 Å². The van der Waals surface area contributed by atoms with Crippen molar-refractivity contribution >= 4 is 11.7 Å². The third kappa shape index (κ3) is 2.55. The topological polar surface area (TPSA) is 57.6 Å². The van der Waals surface area contributed by atoms with E-state index in [0.29, 0.717) is 23.3 Å². The van der Waals surface area contributed by atoms with Gasteiger partial charge in [-0.15, -0.1) is 0 Å². The van der Waals surface area contributed by atoms with Crippen molar-refractivity contribution in [2.24, 2.45) is 5.92 Å². The molecule has 1 amide bonds. The van der Waals surface area contributed by atoms with Crippen molar-refractivity contribution in [3.8, 4) is 5.75 Å². The van der Waals surface area contributed by atoms with Crippen molar-refractivity contribution in [2.75, 3.05) is 6.54 Å². The van der Waals surface area contributed by atoms with E-state index in [1.54, 1.807) is 25.1 Å². The lowest BCUT2D eigenvalue weighted by Crippen LogP contribution is -2.41. The van der Waals surface area contributed by atoms with Gasteiger partial charge in [0, 0.05) is 30.5 Å². The molecule has 2 atom stereocenters. The molecule has 0 aromatic heterocycles. The Hall–Kier alpha value is -1.84. The SMILES string of the molecule is Cc1cc(C(=O)N2CCCC2C2CCCC2=O)ccc1O. The molecule has 1 aliphatic carbocycles. The highest BCUT2D eigenvalue weighted by Gasteiger charge is 2.40. The number of phenols is 1. The number of carbonyl (C=O) groups excluding carboxylic acids is 2. The second-order valence-corrected chi connectivity index (χ2v) is 6.17. The Morgan fingerprint density at radius 3 is 2.76 bits per heavy atom. The number of benzene rings is 1. The molecular weight excluding hydrogens is 266 g/mol. The van der Waals surface area contributed by atoms with E-state index in [1.165, 1.54) is 0 Å². The van der Waals surface area contributed by atoms with Gasteiger partial charge in [-0.05, 0) is 56.4 Å².